The molecule has 0 aliphatic carbocycles. The lowest BCUT2D eigenvalue weighted by molar-refractivity contribution is 0.0746. The molecule has 1 atom stereocenters. The fourth-order valence-electron chi connectivity index (χ4n) is 4.55. The van der Waals surface area contributed by atoms with E-state index in [9.17, 15) is 14.0 Å². The highest BCUT2D eigenvalue weighted by Crippen LogP contribution is 2.28. The molecule has 0 bridgehead atoms. The summed E-state index contributed by atoms with van der Waals surface area (Å²) in [7, 11) is 0. The Balaban J connectivity index is 1.29. The van der Waals surface area contributed by atoms with E-state index in [-0.39, 0.29) is 35.2 Å². The van der Waals surface area contributed by atoms with Crippen LogP contribution in [0.3, 0.4) is 0 Å². The Hall–Kier alpha value is -3.72. The first-order chi connectivity index (χ1) is 17.1. The van der Waals surface area contributed by atoms with E-state index < -0.39 is 0 Å². The van der Waals surface area contributed by atoms with Gasteiger partial charge >= 0.3 is 0 Å². The van der Waals surface area contributed by atoms with Gasteiger partial charge in [-0.3, -0.25) is 9.59 Å². The van der Waals surface area contributed by atoms with Crippen LogP contribution in [0.2, 0.25) is 0 Å². The summed E-state index contributed by atoms with van der Waals surface area (Å²) >= 11 is 0. The molecule has 2 aromatic carbocycles. The van der Waals surface area contributed by atoms with E-state index in [1.807, 2.05) is 0 Å². The molecule has 0 spiro atoms. The number of nitrogens with one attached hydrogen (secondary N) is 1. The van der Waals surface area contributed by atoms with Gasteiger partial charge in [0.25, 0.3) is 11.8 Å². The van der Waals surface area contributed by atoms with Gasteiger partial charge in [0.2, 0.25) is 0 Å². The summed E-state index contributed by atoms with van der Waals surface area (Å²) in [5.74, 6) is -0.504. The number of anilines is 1. The second-order valence-corrected chi connectivity index (χ2v) is 8.68. The van der Waals surface area contributed by atoms with Crippen molar-refractivity contribution in [1.82, 2.24) is 15.2 Å². The van der Waals surface area contributed by atoms with Crippen LogP contribution in [0.1, 0.15) is 33.7 Å². The third kappa shape index (κ3) is 5.05. The van der Waals surface area contributed by atoms with Gasteiger partial charge in [-0.25, -0.2) is 9.37 Å². The van der Waals surface area contributed by atoms with Crippen molar-refractivity contribution in [2.45, 2.75) is 18.9 Å². The summed E-state index contributed by atoms with van der Waals surface area (Å²) in [4.78, 5) is 34.3. The lowest BCUT2D eigenvalue weighted by Gasteiger charge is -2.36. The Morgan fingerprint density at radius 2 is 1.83 bits per heavy atom. The van der Waals surface area contributed by atoms with Crippen LogP contribution in [-0.2, 0) is 4.74 Å². The second kappa shape index (κ2) is 10.3. The Labute approximate surface area is 202 Å². The molecular weight excluding hydrogens is 451 g/mol. The number of aromatic nitrogens is 1. The molecule has 0 saturated carbocycles. The van der Waals surface area contributed by atoms with Crippen LogP contribution >= 0.6 is 0 Å². The number of carbonyl (C=O) groups is 2. The molecule has 3 heterocycles. The molecule has 2 fully saturated rings. The first kappa shape index (κ1) is 23.0. The Bertz CT molecular complexity index is 1180. The van der Waals surface area contributed by atoms with Crippen LogP contribution < -0.4 is 10.2 Å². The molecule has 2 aliphatic heterocycles. The van der Waals surface area contributed by atoms with E-state index >= 15 is 0 Å². The maximum Gasteiger partial charge on any atom is 0.274 e. The fraction of sp³-hybridized carbons (Fsp3) is 0.346. The molecule has 35 heavy (non-hydrogen) atoms. The smallest absolute Gasteiger partial charge is 0.274 e. The number of oxazole rings is 1. The van der Waals surface area contributed by atoms with E-state index in [1.165, 1.54) is 18.5 Å². The first-order valence-corrected chi connectivity index (χ1v) is 11.8. The minimum Gasteiger partial charge on any atom is -0.443 e. The number of carbonyl (C=O) groups excluding carboxylic acids is 2. The zero-order valence-electron chi connectivity index (χ0n) is 19.3. The molecule has 0 radical (unpaired) electrons. The van der Waals surface area contributed by atoms with Crippen LogP contribution in [0.15, 0.2) is 59.3 Å². The summed E-state index contributed by atoms with van der Waals surface area (Å²) in [5.41, 5.74) is 2.05. The minimum absolute atomic E-state index is 0.0109. The average Bonchev–Trinajstić information content (AvgIpc) is 3.60. The Kier molecular flexibility index (Phi) is 6.76. The molecule has 5 rings (SSSR count). The number of rotatable bonds is 6. The van der Waals surface area contributed by atoms with Gasteiger partial charge in [-0.15, -0.1) is 0 Å². The van der Waals surface area contributed by atoms with E-state index in [2.05, 4.69) is 15.2 Å². The molecule has 8 nitrogen and oxygen atoms in total. The van der Waals surface area contributed by atoms with Crippen molar-refractivity contribution in [2.75, 3.05) is 44.2 Å². The summed E-state index contributed by atoms with van der Waals surface area (Å²) in [6.45, 7) is 3.44. The van der Waals surface area contributed by atoms with E-state index in [1.54, 1.807) is 41.3 Å². The first-order valence-electron chi connectivity index (χ1n) is 11.8. The van der Waals surface area contributed by atoms with Crippen molar-refractivity contribution in [1.29, 1.82) is 0 Å². The molecule has 2 amide bonds. The van der Waals surface area contributed by atoms with Gasteiger partial charge in [0.1, 0.15) is 5.82 Å². The van der Waals surface area contributed by atoms with Crippen molar-refractivity contribution in [3.05, 3.63) is 72.0 Å². The number of halogens is 1. The Morgan fingerprint density at radius 1 is 1.06 bits per heavy atom. The summed E-state index contributed by atoms with van der Waals surface area (Å²) in [6, 6.07) is 13.5. The van der Waals surface area contributed by atoms with Crippen LogP contribution in [0.5, 0.6) is 0 Å². The van der Waals surface area contributed by atoms with Gasteiger partial charge in [-0.2, -0.15) is 0 Å². The molecule has 1 N–H and O–H groups in total. The van der Waals surface area contributed by atoms with Gasteiger partial charge < -0.3 is 24.3 Å². The lowest BCUT2D eigenvalue weighted by atomic mass is 10.0. The van der Waals surface area contributed by atoms with Crippen LogP contribution in [0.4, 0.5) is 10.1 Å². The van der Waals surface area contributed by atoms with Gasteiger partial charge in [0.15, 0.2) is 17.8 Å². The topological polar surface area (TPSA) is 87.9 Å². The van der Waals surface area contributed by atoms with Crippen molar-refractivity contribution in [2.24, 2.45) is 0 Å². The SMILES string of the molecule is O=C(NCC1CCCO1)c1ncoc1-c1ccccc1C(=O)N1CCN(c2ccc(F)cc2)CC1. The maximum absolute atomic E-state index is 13.5. The molecule has 1 unspecified atom stereocenters. The molecule has 1 aromatic heterocycles. The quantitative estimate of drug-likeness (QED) is 0.585. The number of hydrogen-bond donors (Lipinski definition) is 1. The van der Waals surface area contributed by atoms with E-state index in [0.29, 0.717) is 50.5 Å². The number of benzene rings is 2. The van der Waals surface area contributed by atoms with Gasteiger partial charge in [-0.05, 0) is 43.2 Å². The third-order valence-electron chi connectivity index (χ3n) is 6.46. The standard InChI is InChI=1S/C26H27FN4O4/c27-18-7-9-19(10-8-18)30-11-13-31(14-12-30)26(33)22-6-2-1-5-21(22)24-23(29-17-35-24)25(32)28-16-20-4-3-15-34-20/h1-2,5-10,17,20H,3-4,11-16H2,(H,28,32). The van der Waals surface area contributed by atoms with Crippen LogP contribution in [-0.4, -0.2) is 67.1 Å². The Morgan fingerprint density at radius 3 is 2.57 bits per heavy atom. The van der Waals surface area contributed by atoms with Gasteiger partial charge in [0.05, 0.1) is 11.7 Å². The highest BCUT2D eigenvalue weighted by atomic mass is 19.1. The summed E-state index contributed by atoms with van der Waals surface area (Å²) in [6.07, 6.45) is 3.14. The highest BCUT2D eigenvalue weighted by molar-refractivity contribution is 6.04. The number of piperazine rings is 1. The predicted molar refractivity (Wildman–Crippen MR) is 128 cm³/mol. The molecule has 3 aromatic rings. The number of nitrogens with zero attached hydrogens (tertiary/aromatic N) is 3. The van der Waals surface area contributed by atoms with Crippen molar-refractivity contribution in [3.8, 4) is 11.3 Å². The van der Waals surface area contributed by atoms with Gasteiger partial charge in [-0.1, -0.05) is 18.2 Å². The van der Waals surface area contributed by atoms with E-state index in [0.717, 1.165) is 18.5 Å². The zero-order chi connectivity index (χ0) is 24.2. The summed E-state index contributed by atoms with van der Waals surface area (Å²) in [5, 5.41) is 2.86. The van der Waals surface area contributed by atoms with Crippen molar-refractivity contribution >= 4 is 17.5 Å². The summed E-state index contributed by atoms with van der Waals surface area (Å²) < 4.78 is 24.4. The predicted octanol–water partition coefficient (Wildman–Crippen LogP) is 3.35. The molecule has 2 aliphatic rings. The lowest BCUT2D eigenvalue weighted by Crippen LogP contribution is -2.48. The van der Waals surface area contributed by atoms with Crippen LogP contribution in [0, 0.1) is 5.82 Å². The maximum atomic E-state index is 13.5. The van der Waals surface area contributed by atoms with Crippen molar-refractivity contribution in [3.63, 3.8) is 0 Å². The monoisotopic (exact) mass is 478 g/mol. The van der Waals surface area contributed by atoms with E-state index in [4.69, 9.17) is 9.15 Å². The minimum atomic E-state index is -0.362. The number of ether oxygens (including phenoxy) is 1. The largest absolute Gasteiger partial charge is 0.443 e. The van der Waals surface area contributed by atoms with Crippen molar-refractivity contribution < 1.29 is 23.1 Å². The zero-order valence-corrected chi connectivity index (χ0v) is 19.3. The fourth-order valence-corrected chi connectivity index (χ4v) is 4.55. The number of hydrogen-bond acceptors (Lipinski definition) is 6. The second-order valence-electron chi connectivity index (χ2n) is 8.68. The number of amides is 2. The molecular formula is C26H27FN4O4. The molecule has 2 saturated heterocycles. The van der Waals surface area contributed by atoms with Gasteiger partial charge in [0, 0.05) is 50.6 Å². The molecule has 182 valence electrons. The highest BCUT2D eigenvalue weighted by Gasteiger charge is 2.28. The third-order valence-corrected chi connectivity index (χ3v) is 6.46. The molecule has 9 heteroatoms. The normalized spacial score (nSPS) is 18.0. The van der Waals surface area contributed by atoms with Crippen LogP contribution in [0.25, 0.3) is 11.3 Å². The average molecular weight is 479 g/mol.